The topological polar surface area (TPSA) is 35.2 Å². The van der Waals surface area contributed by atoms with Crippen LogP contribution in [0.5, 0.6) is 5.75 Å². The minimum absolute atomic E-state index is 0.380. The lowest BCUT2D eigenvalue weighted by Gasteiger charge is -2.27. The first-order valence-electron chi connectivity index (χ1n) is 6.84. The maximum absolute atomic E-state index is 6.11. The van der Waals surface area contributed by atoms with Crippen molar-refractivity contribution >= 4 is 15.9 Å². The molecule has 0 heterocycles. The molecule has 0 spiro atoms. The van der Waals surface area contributed by atoms with E-state index in [1.54, 1.807) is 0 Å². The van der Waals surface area contributed by atoms with Gasteiger partial charge in [-0.15, -0.1) is 0 Å². The summed E-state index contributed by atoms with van der Waals surface area (Å²) in [5.74, 6) is 1.76. The van der Waals surface area contributed by atoms with Crippen molar-refractivity contribution in [3.05, 3.63) is 28.2 Å². The van der Waals surface area contributed by atoms with E-state index in [9.17, 15) is 0 Å². The Morgan fingerprint density at radius 1 is 1.39 bits per heavy atom. The van der Waals surface area contributed by atoms with E-state index in [-0.39, 0.29) is 0 Å². The van der Waals surface area contributed by atoms with Crippen LogP contribution in [0.1, 0.15) is 38.2 Å². The second-order valence-electron chi connectivity index (χ2n) is 5.32. The van der Waals surface area contributed by atoms with Crippen molar-refractivity contribution in [2.24, 2.45) is 11.7 Å². The molecule has 2 N–H and O–H groups in total. The third-order valence-electron chi connectivity index (χ3n) is 3.61. The van der Waals surface area contributed by atoms with E-state index in [1.807, 2.05) is 0 Å². The number of halogens is 1. The summed E-state index contributed by atoms with van der Waals surface area (Å²) in [7, 11) is 0. The van der Waals surface area contributed by atoms with Crippen molar-refractivity contribution in [3.63, 3.8) is 0 Å². The van der Waals surface area contributed by atoms with Gasteiger partial charge in [0, 0.05) is 0 Å². The van der Waals surface area contributed by atoms with Crippen LogP contribution >= 0.6 is 15.9 Å². The van der Waals surface area contributed by atoms with Gasteiger partial charge in [-0.05, 0) is 71.8 Å². The van der Waals surface area contributed by atoms with E-state index in [0.29, 0.717) is 12.6 Å². The molecule has 1 aliphatic carbocycles. The summed E-state index contributed by atoms with van der Waals surface area (Å²) in [5, 5.41) is 0. The Morgan fingerprint density at radius 2 is 2.22 bits per heavy atom. The molecular weight excluding hydrogens is 290 g/mol. The van der Waals surface area contributed by atoms with Crippen molar-refractivity contribution in [2.45, 2.75) is 45.1 Å². The van der Waals surface area contributed by atoms with Crippen LogP contribution in [0.15, 0.2) is 22.7 Å². The molecule has 1 aromatic rings. The van der Waals surface area contributed by atoms with Crippen molar-refractivity contribution in [3.8, 4) is 5.75 Å². The molecule has 2 unspecified atom stereocenters. The Morgan fingerprint density at radius 3 is 2.89 bits per heavy atom. The normalized spacial score (nSPS) is 23.9. The lowest BCUT2D eigenvalue weighted by Crippen LogP contribution is -2.24. The molecule has 0 amide bonds. The molecule has 2 atom stereocenters. The summed E-state index contributed by atoms with van der Waals surface area (Å²) in [6, 6.07) is 6.29. The molecule has 0 aromatic heterocycles. The lowest BCUT2D eigenvalue weighted by atomic mass is 9.89. The van der Waals surface area contributed by atoms with E-state index in [4.69, 9.17) is 10.5 Å². The van der Waals surface area contributed by atoms with Crippen LogP contribution in [0.4, 0.5) is 0 Å². The standard InChI is InChI=1S/C15H22BrNO/c1-11-3-2-4-13(9-11)18-15-6-5-12(7-8-17)10-14(15)16/h5-6,10-11,13H,2-4,7-9,17H2,1H3. The van der Waals surface area contributed by atoms with Gasteiger partial charge in [-0.2, -0.15) is 0 Å². The number of hydrogen-bond acceptors (Lipinski definition) is 2. The van der Waals surface area contributed by atoms with Gasteiger partial charge >= 0.3 is 0 Å². The number of nitrogens with two attached hydrogens (primary N) is 1. The molecule has 1 fully saturated rings. The summed E-state index contributed by atoms with van der Waals surface area (Å²) >= 11 is 3.59. The maximum Gasteiger partial charge on any atom is 0.133 e. The zero-order valence-corrected chi connectivity index (χ0v) is 12.6. The van der Waals surface area contributed by atoms with E-state index in [2.05, 4.69) is 41.1 Å². The molecule has 100 valence electrons. The van der Waals surface area contributed by atoms with Crippen molar-refractivity contribution < 1.29 is 4.74 Å². The van der Waals surface area contributed by atoms with Gasteiger partial charge in [-0.3, -0.25) is 0 Å². The Kier molecular flexibility index (Phi) is 5.07. The van der Waals surface area contributed by atoms with E-state index >= 15 is 0 Å². The van der Waals surface area contributed by atoms with Gasteiger partial charge in [0.25, 0.3) is 0 Å². The second-order valence-corrected chi connectivity index (χ2v) is 6.17. The van der Waals surface area contributed by atoms with Gasteiger partial charge in [0.05, 0.1) is 10.6 Å². The van der Waals surface area contributed by atoms with Crippen molar-refractivity contribution in [2.75, 3.05) is 6.54 Å². The van der Waals surface area contributed by atoms with Gasteiger partial charge in [-0.25, -0.2) is 0 Å². The van der Waals surface area contributed by atoms with E-state index in [0.717, 1.165) is 22.6 Å². The van der Waals surface area contributed by atoms with Crippen LogP contribution in [0.2, 0.25) is 0 Å². The monoisotopic (exact) mass is 311 g/mol. The summed E-state index contributed by atoms with van der Waals surface area (Å²) < 4.78 is 7.16. The molecule has 0 radical (unpaired) electrons. The Bertz CT molecular complexity index is 394. The molecule has 2 nitrogen and oxygen atoms in total. The van der Waals surface area contributed by atoms with Gasteiger partial charge in [0.15, 0.2) is 0 Å². The van der Waals surface area contributed by atoms with Crippen LogP contribution in [-0.4, -0.2) is 12.6 Å². The summed E-state index contributed by atoms with van der Waals surface area (Å²) in [6.07, 6.45) is 6.29. The second kappa shape index (κ2) is 6.58. The predicted molar refractivity (Wildman–Crippen MR) is 78.9 cm³/mol. The quantitative estimate of drug-likeness (QED) is 0.915. The first-order chi connectivity index (χ1) is 8.69. The maximum atomic E-state index is 6.11. The molecule has 0 bridgehead atoms. The molecular formula is C15H22BrNO. The van der Waals surface area contributed by atoms with Crippen molar-refractivity contribution in [1.82, 2.24) is 0 Å². The van der Waals surface area contributed by atoms with Crippen LogP contribution in [0.3, 0.4) is 0 Å². The van der Waals surface area contributed by atoms with E-state index < -0.39 is 0 Å². The first kappa shape index (κ1) is 13.9. The predicted octanol–water partition coefficient (Wildman–Crippen LogP) is 3.91. The smallest absolute Gasteiger partial charge is 0.133 e. The van der Waals surface area contributed by atoms with E-state index in [1.165, 1.54) is 31.2 Å². The SMILES string of the molecule is CC1CCCC(Oc2ccc(CCN)cc2Br)C1. The highest BCUT2D eigenvalue weighted by Crippen LogP contribution is 2.31. The first-order valence-corrected chi connectivity index (χ1v) is 7.63. The fraction of sp³-hybridized carbons (Fsp3) is 0.600. The number of ether oxygens (including phenoxy) is 1. The minimum atomic E-state index is 0.380. The molecule has 0 aliphatic heterocycles. The Balaban J connectivity index is 2.00. The molecule has 2 rings (SSSR count). The minimum Gasteiger partial charge on any atom is -0.489 e. The number of rotatable bonds is 4. The highest BCUT2D eigenvalue weighted by atomic mass is 79.9. The molecule has 0 saturated heterocycles. The molecule has 1 aliphatic rings. The fourth-order valence-electron chi connectivity index (χ4n) is 2.63. The van der Waals surface area contributed by atoms with Crippen molar-refractivity contribution in [1.29, 1.82) is 0 Å². The Hall–Kier alpha value is -0.540. The average Bonchev–Trinajstić information content (AvgIpc) is 2.33. The number of benzene rings is 1. The van der Waals surface area contributed by atoms with Crippen LogP contribution < -0.4 is 10.5 Å². The highest BCUT2D eigenvalue weighted by molar-refractivity contribution is 9.10. The zero-order valence-electron chi connectivity index (χ0n) is 11.0. The van der Waals surface area contributed by atoms with Gasteiger partial charge in [0.1, 0.15) is 5.75 Å². The highest BCUT2D eigenvalue weighted by Gasteiger charge is 2.20. The average molecular weight is 312 g/mol. The molecule has 3 heteroatoms. The third kappa shape index (κ3) is 3.72. The third-order valence-corrected chi connectivity index (χ3v) is 4.23. The largest absolute Gasteiger partial charge is 0.489 e. The lowest BCUT2D eigenvalue weighted by molar-refractivity contribution is 0.128. The van der Waals surface area contributed by atoms with Crippen LogP contribution in [0.25, 0.3) is 0 Å². The Labute approximate surface area is 118 Å². The number of hydrogen-bond donors (Lipinski definition) is 1. The summed E-state index contributed by atoms with van der Waals surface area (Å²) in [6.45, 7) is 3.00. The molecule has 1 saturated carbocycles. The van der Waals surface area contributed by atoms with Gasteiger partial charge in [-0.1, -0.05) is 19.4 Å². The van der Waals surface area contributed by atoms with Crippen LogP contribution in [-0.2, 0) is 6.42 Å². The van der Waals surface area contributed by atoms with Gasteiger partial charge in [0.2, 0.25) is 0 Å². The van der Waals surface area contributed by atoms with Gasteiger partial charge < -0.3 is 10.5 Å². The zero-order chi connectivity index (χ0) is 13.0. The molecule has 18 heavy (non-hydrogen) atoms. The fourth-order valence-corrected chi connectivity index (χ4v) is 3.15. The summed E-state index contributed by atoms with van der Waals surface area (Å²) in [4.78, 5) is 0. The summed E-state index contributed by atoms with van der Waals surface area (Å²) in [5.41, 5.74) is 6.82. The van der Waals surface area contributed by atoms with Crippen LogP contribution in [0, 0.1) is 5.92 Å². The molecule has 1 aromatic carbocycles.